The number of aliphatic hydroxyl groups is 1. The lowest BCUT2D eigenvalue weighted by atomic mass is 10.1. The molecule has 2 rings (SSSR count). The normalized spacial score (nSPS) is 16.5. The maximum Gasteiger partial charge on any atom is 0.191 e. The maximum atomic E-state index is 9.61. The molecule has 1 aliphatic heterocycles. The van der Waals surface area contributed by atoms with Crippen LogP contribution in [0, 0.1) is 0 Å². The van der Waals surface area contributed by atoms with Gasteiger partial charge in [-0.3, -0.25) is 4.90 Å². The zero-order chi connectivity index (χ0) is 19.3. The number of thioether (sulfide) groups is 1. The molecule has 0 unspecified atom stereocenters. The molecule has 152 valence electrons. The lowest BCUT2D eigenvalue weighted by Crippen LogP contribution is -2.37. The van der Waals surface area contributed by atoms with E-state index in [1.807, 2.05) is 11.8 Å². The van der Waals surface area contributed by atoms with Crippen molar-refractivity contribution in [1.29, 1.82) is 0 Å². The smallest absolute Gasteiger partial charge is 0.191 e. The first-order chi connectivity index (χ1) is 13.2. The van der Waals surface area contributed by atoms with Gasteiger partial charge in [0, 0.05) is 32.7 Å². The molecule has 27 heavy (non-hydrogen) atoms. The Morgan fingerprint density at radius 3 is 2.52 bits per heavy atom. The summed E-state index contributed by atoms with van der Waals surface area (Å²) in [6, 6.07) is 8.77. The molecule has 1 fully saturated rings. The van der Waals surface area contributed by atoms with E-state index in [1.54, 1.807) is 0 Å². The number of benzene rings is 1. The summed E-state index contributed by atoms with van der Waals surface area (Å²) >= 11 is 1.90. The van der Waals surface area contributed by atoms with E-state index in [0.29, 0.717) is 6.54 Å². The summed E-state index contributed by atoms with van der Waals surface area (Å²) in [5.41, 5.74) is 2.56. The lowest BCUT2D eigenvalue weighted by molar-refractivity contribution is 0.0792. The molecule has 1 heterocycles. The quantitative estimate of drug-likeness (QED) is 0.325. The van der Waals surface area contributed by atoms with Crippen molar-refractivity contribution in [3.05, 3.63) is 35.4 Å². The van der Waals surface area contributed by atoms with Crippen molar-refractivity contribution in [1.82, 2.24) is 15.5 Å². The van der Waals surface area contributed by atoms with Crippen molar-refractivity contribution in [2.75, 3.05) is 38.2 Å². The van der Waals surface area contributed by atoms with Crippen LogP contribution in [0.15, 0.2) is 29.3 Å². The molecule has 0 spiro atoms. The van der Waals surface area contributed by atoms with Gasteiger partial charge < -0.3 is 15.7 Å². The Labute approximate surface area is 169 Å². The van der Waals surface area contributed by atoms with Crippen LogP contribution in [0.2, 0.25) is 0 Å². The summed E-state index contributed by atoms with van der Waals surface area (Å²) in [5.74, 6) is 2.12. The highest BCUT2D eigenvalue weighted by molar-refractivity contribution is 7.98. The third kappa shape index (κ3) is 9.00. The second-order valence-electron chi connectivity index (χ2n) is 7.15. The molecule has 0 amide bonds. The Bertz CT molecular complexity index is 542. The molecule has 1 aliphatic rings. The van der Waals surface area contributed by atoms with E-state index in [-0.39, 0.29) is 6.10 Å². The number of unbranched alkanes of at least 4 members (excludes halogenated alkanes) is 1. The van der Waals surface area contributed by atoms with Gasteiger partial charge in [-0.2, -0.15) is 11.8 Å². The number of aliphatic hydroxyl groups excluding tert-OH is 1. The second kappa shape index (κ2) is 13.0. The van der Waals surface area contributed by atoms with Crippen LogP contribution in [0.5, 0.6) is 0 Å². The van der Waals surface area contributed by atoms with Crippen LogP contribution in [0.1, 0.15) is 43.7 Å². The molecule has 3 N–H and O–H groups in total. The van der Waals surface area contributed by atoms with Gasteiger partial charge in [0.1, 0.15) is 0 Å². The van der Waals surface area contributed by atoms with Gasteiger partial charge in [-0.25, -0.2) is 4.99 Å². The summed E-state index contributed by atoms with van der Waals surface area (Å²) in [5, 5.41) is 16.4. The molecular formula is C21H36N4OS. The number of rotatable bonds is 10. The molecule has 0 saturated carbocycles. The number of aliphatic imine (C=N–C) groups is 1. The van der Waals surface area contributed by atoms with Crippen molar-refractivity contribution in [2.45, 2.75) is 51.8 Å². The lowest BCUT2D eigenvalue weighted by Gasteiger charge is -2.29. The average Bonchev–Trinajstić information content (AvgIpc) is 2.69. The Balaban J connectivity index is 1.77. The van der Waals surface area contributed by atoms with Crippen molar-refractivity contribution >= 4 is 17.7 Å². The summed E-state index contributed by atoms with van der Waals surface area (Å²) in [6.07, 6.45) is 6.25. The van der Waals surface area contributed by atoms with Gasteiger partial charge in [-0.15, -0.1) is 0 Å². The first-order valence-electron chi connectivity index (χ1n) is 10.2. The van der Waals surface area contributed by atoms with Crippen LogP contribution in [0.3, 0.4) is 0 Å². The van der Waals surface area contributed by atoms with E-state index >= 15 is 0 Å². The van der Waals surface area contributed by atoms with E-state index in [9.17, 15) is 5.11 Å². The summed E-state index contributed by atoms with van der Waals surface area (Å²) in [7, 11) is 0. The molecular weight excluding hydrogens is 356 g/mol. The molecule has 0 atom stereocenters. The topological polar surface area (TPSA) is 59.9 Å². The SMILES string of the molecule is CCNC(=NCc1ccc(CN2CCC(O)CC2)cc1)NCCCCSC. The third-order valence-corrected chi connectivity index (χ3v) is 5.51. The first kappa shape index (κ1) is 22.1. The zero-order valence-corrected chi connectivity index (χ0v) is 17.7. The molecule has 0 aromatic heterocycles. The molecule has 1 aromatic carbocycles. The van der Waals surface area contributed by atoms with Crippen LogP contribution in [0.25, 0.3) is 0 Å². The van der Waals surface area contributed by atoms with Crippen LogP contribution in [-0.4, -0.2) is 60.3 Å². The average molecular weight is 393 g/mol. The molecule has 0 radical (unpaired) electrons. The van der Waals surface area contributed by atoms with Gasteiger partial charge in [0.15, 0.2) is 5.96 Å². The van der Waals surface area contributed by atoms with Gasteiger partial charge in [-0.1, -0.05) is 24.3 Å². The second-order valence-corrected chi connectivity index (χ2v) is 8.13. The number of guanidine groups is 1. The summed E-state index contributed by atoms with van der Waals surface area (Å²) in [4.78, 5) is 7.13. The van der Waals surface area contributed by atoms with Gasteiger partial charge in [0.25, 0.3) is 0 Å². The minimum Gasteiger partial charge on any atom is -0.393 e. The Hall–Kier alpha value is -1.24. The Kier molecular flexibility index (Phi) is 10.6. The molecule has 1 saturated heterocycles. The number of likely N-dealkylation sites (tertiary alicyclic amines) is 1. The number of hydrogen-bond acceptors (Lipinski definition) is 4. The minimum absolute atomic E-state index is 0.105. The standard InChI is InChI=1S/C21H36N4OS/c1-3-22-21(23-12-4-5-15-27-2)24-16-18-6-8-19(9-7-18)17-25-13-10-20(26)11-14-25/h6-9,20,26H,3-5,10-17H2,1-2H3,(H2,22,23,24). The monoisotopic (exact) mass is 392 g/mol. The highest BCUT2D eigenvalue weighted by atomic mass is 32.2. The van der Waals surface area contributed by atoms with E-state index in [2.05, 4.69) is 53.0 Å². The number of nitrogens with zero attached hydrogens (tertiary/aromatic N) is 2. The van der Waals surface area contributed by atoms with Crippen LogP contribution >= 0.6 is 11.8 Å². The van der Waals surface area contributed by atoms with E-state index in [1.165, 1.54) is 29.7 Å². The van der Waals surface area contributed by atoms with E-state index in [0.717, 1.165) is 51.5 Å². The Morgan fingerprint density at radius 2 is 1.85 bits per heavy atom. The fourth-order valence-corrected chi connectivity index (χ4v) is 3.67. The third-order valence-electron chi connectivity index (χ3n) is 4.82. The molecule has 0 aliphatic carbocycles. The van der Waals surface area contributed by atoms with Crippen LogP contribution in [-0.2, 0) is 13.1 Å². The predicted molar refractivity (Wildman–Crippen MR) is 117 cm³/mol. The van der Waals surface area contributed by atoms with Gasteiger partial charge in [-0.05, 0) is 55.7 Å². The molecule has 5 nitrogen and oxygen atoms in total. The van der Waals surface area contributed by atoms with E-state index in [4.69, 9.17) is 4.99 Å². The highest BCUT2D eigenvalue weighted by Crippen LogP contribution is 2.14. The molecule has 0 bridgehead atoms. The summed E-state index contributed by atoms with van der Waals surface area (Å²) < 4.78 is 0. The first-order valence-corrected chi connectivity index (χ1v) is 11.6. The van der Waals surface area contributed by atoms with Crippen molar-refractivity contribution in [2.24, 2.45) is 4.99 Å². The zero-order valence-electron chi connectivity index (χ0n) is 16.9. The predicted octanol–water partition coefficient (Wildman–Crippen LogP) is 2.84. The fraction of sp³-hybridized carbons (Fsp3) is 0.667. The largest absolute Gasteiger partial charge is 0.393 e. The minimum atomic E-state index is -0.105. The molecule has 1 aromatic rings. The van der Waals surface area contributed by atoms with Crippen molar-refractivity contribution in [3.63, 3.8) is 0 Å². The fourth-order valence-electron chi connectivity index (χ4n) is 3.18. The van der Waals surface area contributed by atoms with Gasteiger partial charge in [0.2, 0.25) is 0 Å². The maximum absolute atomic E-state index is 9.61. The number of piperidine rings is 1. The summed E-state index contributed by atoms with van der Waals surface area (Å²) in [6.45, 7) is 7.58. The molecule has 6 heteroatoms. The van der Waals surface area contributed by atoms with E-state index < -0.39 is 0 Å². The van der Waals surface area contributed by atoms with Crippen molar-refractivity contribution < 1.29 is 5.11 Å². The Morgan fingerprint density at radius 1 is 1.15 bits per heavy atom. The number of hydrogen-bond donors (Lipinski definition) is 3. The van der Waals surface area contributed by atoms with Crippen LogP contribution in [0.4, 0.5) is 0 Å². The van der Waals surface area contributed by atoms with Gasteiger partial charge in [0.05, 0.1) is 12.6 Å². The van der Waals surface area contributed by atoms with Crippen molar-refractivity contribution in [3.8, 4) is 0 Å². The highest BCUT2D eigenvalue weighted by Gasteiger charge is 2.16. The van der Waals surface area contributed by atoms with Crippen LogP contribution < -0.4 is 10.6 Å². The van der Waals surface area contributed by atoms with Gasteiger partial charge >= 0.3 is 0 Å². The number of nitrogens with one attached hydrogen (secondary N) is 2.